The molecule has 3 fully saturated rings. The molecule has 1 atom stereocenters. The maximum atomic E-state index is 12.7. The summed E-state index contributed by atoms with van der Waals surface area (Å²) in [4.78, 5) is 17.3. The smallest absolute Gasteiger partial charge is 0.228 e. The molecule has 3 saturated heterocycles. The van der Waals surface area contributed by atoms with Crippen LogP contribution in [0, 0.1) is 11.3 Å². The second-order valence-electron chi connectivity index (χ2n) is 8.20. The van der Waals surface area contributed by atoms with Crippen LogP contribution in [0.4, 0.5) is 0 Å². The molecule has 1 amide bonds. The first-order chi connectivity index (χ1) is 12.7. The number of methoxy groups -OCH3 is 1. The van der Waals surface area contributed by atoms with Crippen molar-refractivity contribution in [3.8, 4) is 5.75 Å². The number of hydrogen-bond acceptors (Lipinski definition) is 4. The molecule has 0 bridgehead atoms. The van der Waals surface area contributed by atoms with Crippen molar-refractivity contribution in [3.05, 3.63) is 29.8 Å². The molecule has 3 heterocycles. The van der Waals surface area contributed by atoms with Crippen LogP contribution in [-0.4, -0.2) is 62.2 Å². The van der Waals surface area contributed by atoms with Crippen LogP contribution in [0.2, 0.25) is 0 Å². The van der Waals surface area contributed by atoms with Gasteiger partial charge in [-0.1, -0.05) is 12.1 Å². The van der Waals surface area contributed by atoms with Gasteiger partial charge in [0.2, 0.25) is 5.91 Å². The number of carbonyl (C=O) groups excluding carboxylic acids is 1. The van der Waals surface area contributed by atoms with Crippen LogP contribution in [0.3, 0.4) is 0 Å². The Labute approximate surface area is 156 Å². The number of piperidine rings is 1. The lowest BCUT2D eigenvalue weighted by Crippen LogP contribution is -2.42. The maximum absolute atomic E-state index is 12.7. The summed E-state index contributed by atoms with van der Waals surface area (Å²) in [5.74, 6) is 1.37. The molecule has 0 radical (unpaired) electrons. The number of nitrogens with zero attached hydrogens (tertiary/aromatic N) is 2. The third-order valence-electron chi connectivity index (χ3n) is 6.49. The van der Waals surface area contributed by atoms with Gasteiger partial charge in [-0.15, -0.1) is 0 Å². The van der Waals surface area contributed by atoms with E-state index in [0.29, 0.717) is 17.9 Å². The fourth-order valence-electron chi connectivity index (χ4n) is 4.73. The normalized spacial score (nSPS) is 25.7. The average Bonchev–Trinajstić information content (AvgIpc) is 3.34. The highest BCUT2D eigenvalue weighted by atomic mass is 16.5. The fourth-order valence-corrected chi connectivity index (χ4v) is 4.73. The standard InChI is InChI=1S/C21H30N2O3/c1-25-19-4-2-3-17(13-19)14-22-9-6-21(7-10-22)8-11-23(16-21)20(24)18-5-12-26-15-18/h2-4,13,18H,5-12,14-16H2,1H3. The van der Waals surface area contributed by atoms with Gasteiger partial charge in [-0.05, 0) is 61.9 Å². The Kier molecular flexibility index (Phi) is 5.18. The average molecular weight is 358 g/mol. The summed E-state index contributed by atoms with van der Waals surface area (Å²) in [7, 11) is 1.72. The fraction of sp³-hybridized carbons (Fsp3) is 0.667. The van der Waals surface area contributed by atoms with Gasteiger partial charge in [0.15, 0.2) is 0 Å². The van der Waals surface area contributed by atoms with Gasteiger partial charge in [-0.25, -0.2) is 0 Å². The molecule has 1 aromatic rings. The summed E-state index contributed by atoms with van der Waals surface area (Å²) in [6.07, 6.45) is 4.46. The largest absolute Gasteiger partial charge is 0.497 e. The number of ether oxygens (including phenoxy) is 2. The Morgan fingerprint density at radius 3 is 2.81 bits per heavy atom. The summed E-state index contributed by atoms with van der Waals surface area (Å²) in [6, 6.07) is 8.36. The minimum atomic E-state index is 0.110. The summed E-state index contributed by atoms with van der Waals surface area (Å²) in [5, 5.41) is 0. The van der Waals surface area contributed by atoms with Gasteiger partial charge in [0.25, 0.3) is 0 Å². The van der Waals surface area contributed by atoms with Crippen LogP contribution in [-0.2, 0) is 16.1 Å². The highest BCUT2D eigenvalue weighted by Gasteiger charge is 2.43. The van der Waals surface area contributed by atoms with Crippen molar-refractivity contribution >= 4 is 5.91 Å². The van der Waals surface area contributed by atoms with Gasteiger partial charge in [0, 0.05) is 26.2 Å². The molecular formula is C21H30N2O3. The summed E-state index contributed by atoms with van der Waals surface area (Å²) in [5.41, 5.74) is 1.66. The van der Waals surface area contributed by atoms with Gasteiger partial charge in [-0.3, -0.25) is 9.69 Å². The number of benzene rings is 1. The van der Waals surface area contributed by atoms with E-state index in [1.54, 1.807) is 7.11 Å². The molecule has 142 valence electrons. The van der Waals surface area contributed by atoms with E-state index in [9.17, 15) is 4.79 Å². The van der Waals surface area contributed by atoms with Crippen LogP contribution in [0.1, 0.15) is 31.2 Å². The van der Waals surface area contributed by atoms with E-state index in [1.807, 2.05) is 6.07 Å². The zero-order valence-electron chi connectivity index (χ0n) is 15.8. The molecule has 1 spiro atoms. The zero-order chi connectivity index (χ0) is 18.0. The molecule has 0 N–H and O–H groups in total. The molecule has 0 aromatic heterocycles. The Morgan fingerprint density at radius 2 is 2.08 bits per heavy atom. The van der Waals surface area contributed by atoms with Crippen LogP contribution in [0.5, 0.6) is 5.75 Å². The zero-order valence-corrected chi connectivity index (χ0v) is 15.8. The van der Waals surface area contributed by atoms with E-state index in [1.165, 1.54) is 24.8 Å². The highest BCUT2D eigenvalue weighted by molar-refractivity contribution is 5.79. The first kappa shape index (κ1) is 17.8. The summed E-state index contributed by atoms with van der Waals surface area (Å²) < 4.78 is 10.7. The number of hydrogen-bond donors (Lipinski definition) is 0. The molecule has 3 aliphatic heterocycles. The summed E-state index contributed by atoms with van der Waals surface area (Å²) in [6.45, 7) is 6.47. The number of amides is 1. The lowest BCUT2D eigenvalue weighted by molar-refractivity contribution is -0.135. The van der Waals surface area contributed by atoms with E-state index < -0.39 is 0 Å². The topological polar surface area (TPSA) is 42.0 Å². The van der Waals surface area contributed by atoms with E-state index in [0.717, 1.165) is 51.5 Å². The first-order valence-corrected chi connectivity index (χ1v) is 9.89. The Hall–Kier alpha value is -1.59. The molecule has 1 aromatic carbocycles. The van der Waals surface area contributed by atoms with Crippen molar-refractivity contribution in [2.75, 3.05) is 46.5 Å². The molecule has 5 heteroatoms. The Morgan fingerprint density at radius 1 is 1.27 bits per heavy atom. The molecule has 0 saturated carbocycles. The number of rotatable bonds is 4. The minimum Gasteiger partial charge on any atom is -0.497 e. The highest BCUT2D eigenvalue weighted by Crippen LogP contribution is 2.41. The Bertz CT molecular complexity index is 634. The second kappa shape index (κ2) is 7.57. The Balaban J connectivity index is 1.30. The molecule has 26 heavy (non-hydrogen) atoms. The predicted molar refractivity (Wildman–Crippen MR) is 100 cm³/mol. The van der Waals surface area contributed by atoms with Crippen molar-refractivity contribution < 1.29 is 14.3 Å². The predicted octanol–water partition coefficient (Wildman–Crippen LogP) is 2.55. The molecule has 5 nitrogen and oxygen atoms in total. The van der Waals surface area contributed by atoms with E-state index in [2.05, 4.69) is 28.0 Å². The van der Waals surface area contributed by atoms with E-state index in [-0.39, 0.29) is 5.92 Å². The van der Waals surface area contributed by atoms with Gasteiger partial charge in [-0.2, -0.15) is 0 Å². The lowest BCUT2D eigenvalue weighted by atomic mass is 9.77. The van der Waals surface area contributed by atoms with Crippen LogP contribution in [0.25, 0.3) is 0 Å². The number of carbonyl (C=O) groups is 1. The van der Waals surface area contributed by atoms with Gasteiger partial charge >= 0.3 is 0 Å². The molecule has 1 unspecified atom stereocenters. The van der Waals surface area contributed by atoms with Crippen LogP contribution in [0.15, 0.2) is 24.3 Å². The van der Waals surface area contributed by atoms with Crippen molar-refractivity contribution in [1.29, 1.82) is 0 Å². The van der Waals surface area contributed by atoms with Crippen molar-refractivity contribution in [1.82, 2.24) is 9.80 Å². The lowest BCUT2D eigenvalue weighted by Gasteiger charge is -2.39. The molecule has 0 aliphatic carbocycles. The third kappa shape index (κ3) is 3.74. The SMILES string of the molecule is COc1cccc(CN2CCC3(CC2)CCN(C(=O)C2CCOC2)C3)c1. The number of likely N-dealkylation sites (tertiary alicyclic amines) is 2. The molecular weight excluding hydrogens is 328 g/mol. The minimum absolute atomic E-state index is 0.110. The van der Waals surface area contributed by atoms with Gasteiger partial charge in [0.1, 0.15) is 5.75 Å². The molecule has 4 rings (SSSR count). The van der Waals surface area contributed by atoms with Crippen molar-refractivity contribution in [2.24, 2.45) is 11.3 Å². The first-order valence-electron chi connectivity index (χ1n) is 9.89. The third-order valence-corrected chi connectivity index (χ3v) is 6.49. The van der Waals surface area contributed by atoms with Crippen LogP contribution < -0.4 is 4.74 Å². The maximum Gasteiger partial charge on any atom is 0.228 e. The monoisotopic (exact) mass is 358 g/mol. The van der Waals surface area contributed by atoms with E-state index >= 15 is 0 Å². The quantitative estimate of drug-likeness (QED) is 0.830. The van der Waals surface area contributed by atoms with Crippen LogP contribution >= 0.6 is 0 Å². The van der Waals surface area contributed by atoms with Crippen molar-refractivity contribution in [3.63, 3.8) is 0 Å². The van der Waals surface area contributed by atoms with Crippen molar-refractivity contribution in [2.45, 2.75) is 32.2 Å². The second-order valence-corrected chi connectivity index (χ2v) is 8.20. The summed E-state index contributed by atoms with van der Waals surface area (Å²) >= 11 is 0. The van der Waals surface area contributed by atoms with E-state index in [4.69, 9.17) is 9.47 Å². The van der Waals surface area contributed by atoms with Gasteiger partial charge < -0.3 is 14.4 Å². The molecule has 3 aliphatic rings. The van der Waals surface area contributed by atoms with Gasteiger partial charge in [0.05, 0.1) is 19.6 Å².